The molecule has 0 aliphatic carbocycles. The van der Waals surface area contributed by atoms with Crippen molar-refractivity contribution < 1.29 is 0 Å². The molecule has 0 bridgehead atoms. The molecule has 0 rings (SSSR count). The van der Waals surface area contributed by atoms with Gasteiger partial charge in [-0.1, -0.05) is 24.8 Å². The first-order chi connectivity index (χ1) is 3.68. The molecule has 0 radical (unpaired) electrons. The highest BCUT2D eigenvalue weighted by Crippen LogP contribution is 1.81. The van der Waals surface area contributed by atoms with E-state index in [1.54, 1.807) is 12.1 Å². The van der Waals surface area contributed by atoms with E-state index in [0.29, 0.717) is 0 Å². The molecule has 0 saturated heterocycles. The number of allylic oxidation sites excluding steroid dienone is 2. The minimum absolute atomic E-state index is 1.02. The van der Waals surface area contributed by atoms with Crippen LogP contribution in [-0.4, -0.2) is 0 Å². The van der Waals surface area contributed by atoms with Gasteiger partial charge in [0, 0.05) is 6.92 Å². The van der Waals surface area contributed by atoms with Crippen LogP contribution in [0.2, 0.25) is 0 Å². The van der Waals surface area contributed by atoms with Crippen LogP contribution in [0.15, 0.2) is 24.8 Å². The second kappa shape index (κ2) is 9.36. The second-order valence-corrected chi connectivity index (χ2v) is 1.27. The fourth-order valence-corrected chi connectivity index (χ4v) is 0. The summed E-state index contributed by atoms with van der Waals surface area (Å²) in [7, 11) is 0. The van der Waals surface area contributed by atoms with Gasteiger partial charge in [-0.05, 0) is 6.92 Å². The molecule has 0 aromatic carbocycles. The third-order valence-electron chi connectivity index (χ3n) is 0.348. The van der Waals surface area contributed by atoms with Crippen LogP contribution < -0.4 is 0 Å². The minimum atomic E-state index is 1.02. The van der Waals surface area contributed by atoms with Gasteiger partial charge in [0.15, 0.2) is 0 Å². The molecule has 0 atom stereocenters. The van der Waals surface area contributed by atoms with E-state index < -0.39 is 0 Å². The fraction of sp³-hybridized carbons (Fsp3) is 0.286. The number of nitriles is 1. The van der Waals surface area contributed by atoms with Crippen molar-refractivity contribution in [3.63, 3.8) is 0 Å². The normalized spacial score (nSPS) is 5.12. The van der Waals surface area contributed by atoms with Gasteiger partial charge in [-0.2, -0.15) is 5.26 Å². The van der Waals surface area contributed by atoms with Gasteiger partial charge < -0.3 is 0 Å². The summed E-state index contributed by atoms with van der Waals surface area (Å²) in [4.78, 5) is 0. The zero-order valence-corrected chi connectivity index (χ0v) is 5.44. The maximum atomic E-state index is 7.32. The summed E-state index contributed by atoms with van der Waals surface area (Å²) in [6.45, 7) is 10.4. The van der Waals surface area contributed by atoms with Crippen LogP contribution in [0.3, 0.4) is 0 Å². The Morgan fingerprint density at radius 1 is 1.75 bits per heavy atom. The van der Waals surface area contributed by atoms with Crippen LogP contribution in [-0.2, 0) is 0 Å². The summed E-state index contributed by atoms with van der Waals surface area (Å²) in [5.41, 5.74) is 1.02. The highest BCUT2D eigenvalue weighted by molar-refractivity contribution is 5.05. The molecule has 0 unspecified atom stereocenters. The van der Waals surface area contributed by atoms with Crippen molar-refractivity contribution >= 4 is 0 Å². The standard InChI is InChI=1S/C5H8.C2H3N/c1-4-5(2)3;1-2-3/h4H,1-2H2,3H3;1H3. The van der Waals surface area contributed by atoms with Crippen LogP contribution in [0, 0.1) is 11.3 Å². The van der Waals surface area contributed by atoms with E-state index >= 15 is 0 Å². The monoisotopic (exact) mass is 109 g/mol. The molecule has 0 heterocycles. The van der Waals surface area contributed by atoms with Gasteiger partial charge in [0.2, 0.25) is 0 Å². The first-order valence-corrected chi connectivity index (χ1v) is 2.27. The molecule has 8 heavy (non-hydrogen) atoms. The Labute approximate surface area is 50.9 Å². The van der Waals surface area contributed by atoms with E-state index in [9.17, 15) is 0 Å². The molecule has 0 aromatic rings. The molecule has 1 nitrogen and oxygen atoms in total. The van der Waals surface area contributed by atoms with Gasteiger partial charge in [0.1, 0.15) is 0 Å². The van der Waals surface area contributed by atoms with Crippen LogP contribution in [0.1, 0.15) is 13.8 Å². The molecule has 1 heteroatoms. The third-order valence-corrected chi connectivity index (χ3v) is 0.348. The molecule has 0 saturated carbocycles. The average Bonchev–Trinajstić information content (AvgIpc) is 1.69. The van der Waals surface area contributed by atoms with E-state index in [1.165, 1.54) is 6.92 Å². The van der Waals surface area contributed by atoms with Gasteiger partial charge in [-0.25, -0.2) is 0 Å². The number of hydrogen-bond donors (Lipinski definition) is 0. The number of nitrogens with zero attached hydrogens (tertiary/aromatic N) is 1. The summed E-state index contributed by atoms with van der Waals surface area (Å²) in [5, 5.41) is 7.32. The Morgan fingerprint density at radius 2 is 1.88 bits per heavy atom. The summed E-state index contributed by atoms with van der Waals surface area (Å²) in [5.74, 6) is 0. The minimum Gasteiger partial charge on any atom is -0.199 e. The Morgan fingerprint density at radius 3 is 1.88 bits per heavy atom. The topological polar surface area (TPSA) is 23.8 Å². The summed E-state index contributed by atoms with van der Waals surface area (Å²) in [6.07, 6.45) is 1.72. The van der Waals surface area contributed by atoms with Crippen LogP contribution >= 0.6 is 0 Å². The molecule has 44 valence electrons. The van der Waals surface area contributed by atoms with Crippen LogP contribution in [0.25, 0.3) is 0 Å². The van der Waals surface area contributed by atoms with Gasteiger partial charge >= 0.3 is 0 Å². The molecule has 0 amide bonds. The molecule has 0 N–H and O–H groups in total. The highest BCUT2D eigenvalue weighted by atomic mass is 14.2. The summed E-state index contributed by atoms with van der Waals surface area (Å²) in [6, 6.07) is 1.75. The summed E-state index contributed by atoms with van der Waals surface area (Å²) < 4.78 is 0. The Hall–Kier alpha value is -1.03. The Bertz CT molecular complexity index is 106. The van der Waals surface area contributed by atoms with E-state index in [1.807, 2.05) is 6.92 Å². The van der Waals surface area contributed by atoms with Crippen molar-refractivity contribution in [1.29, 1.82) is 5.26 Å². The zero-order chi connectivity index (χ0) is 6.99. The number of rotatable bonds is 1. The second-order valence-electron chi connectivity index (χ2n) is 1.27. The number of hydrogen-bond acceptors (Lipinski definition) is 1. The molecular formula is C7H11N. The maximum Gasteiger partial charge on any atom is 0.0587 e. The van der Waals surface area contributed by atoms with Crippen molar-refractivity contribution in [1.82, 2.24) is 0 Å². The quantitative estimate of drug-likeness (QED) is 0.474. The van der Waals surface area contributed by atoms with Gasteiger partial charge in [-0.15, -0.1) is 0 Å². The van der Waals surface area contributed by atoms with E-state index in [-0.39, 0.29) is 0 Å². The predicted molar refractivity (Wildman–Crippen MR) is 36.3 cm³/mol. The highest BCUT2D eigenvalue weighted by Gasteiger charge is 1.59. The lowest BCUT2D eigenvalue weighted by molar-refractivity contribution is 1.49. The summed E-state index contributed by atoms with van der Waals surface area (Å²) >= 11 is 0. The van der Waals surface area contributed by atoms with Crippen LogP contribution in [0.4, 0.5) is 0 Å². The molecule has 0 spiro atoms. The van der Waals surface area contributed by atoms with Crippen molar-refractivity contribution in [3.05, 3.63) is 24.8 Å². The molecule has 0 aromatic heterocycles. The van der Waals surface area contributed by atoms with E-state index in [0.717, 1.165) is 5.57 Å². The van der Waals surface area contributed by atoms with Crippen molar-refractivity contribution in [2.45, 2.75) is 13.8 Å². The van der Waals surface area contributed by atoms with Gasteiger partial charge in [-0.3, -0.25) is 0 Å². The molecule has 0 aliphatic heterocycles. The first kappa shape index (κ1) is 10.1. The van der Waals surface area contributed by atoms with Gasteiger partial charge in [0.05, 0.1) is 6.07 Å². The van der Waals surface area contributed by atoms with Crippen molar-refractivity contribution in [2.24, 2.45) is 0 Å². The lowest BCUT2D eigenvalue weighted by Crippen LogP contribution is -1.50. The molecular weight excluding hydrogens is 98.1 g/mol. The predicted octanol–water partition coefficient (Wildman–Crippen LogP) is 2.28. The lowest BCUT2D eigenvalue weighted by Gasteiger charge is -1.71. The largest absolute Gasteiger partial charge is 0.199 e. The SMILES string of the molecule is C=CC(=C)C.CC#N. The lowest BCUT2D eigenvalue weighted by atomic mass is 10.4. The smallest absolute Gasteiger partial charge is 0.0587 e. The first-order valence-electron chi connectivity index (χ1n) is 2.27. The van der Waals surface area contributed by atoms with E-state index in [4.69, 9.17) is 5.26 Å². The fourth-order valence-electron chi connectivity index (χ4n) is 0. The molecule has 0 fully saturated rings. The van der Waals surface area contributed by atoms with E-state index in [2.05, 4.69) is 13.2 Å². The maximum absolute atomic E-state index is 7.32. The van der Waals surface area contributed by atoms with Crippen LogP contribution in [0.5, 0.6) is 0 Å². The van der Waals surface area contributed by atoms with Crippen molar-refractivity contribution in [3.8, 4) is 6.07 Å². The van der Waals surface area contributed by atoms with Crippen molar-refractivity contribution in [2.75, 3.05) is 0 Å². The third kappa shape index (κ3) is 83.3. The Kier molecular flexibility index (Phi) is 11.8. The van der Waals surface area contributed by atoms with Gasteiger partial charge in [0.25, 0.3) is 0 Å². The Balaban J connectivity index is 0. The average molecular weight is 109 g/mol. The zero-order valence-electron chi connectivity index (χ0n) is 5.44. The molecule has 0 aliphatic rings.